The van der Waals surface area contributed by atoms with Crippen LogP contribution in [0.4, 0.5) is 0 Å². The molecule has 0 saturated carbocycles. The Labute approximate surface area is 174 Å². The minimum atomic E-state index is -1.20. The highest BCUT2D eigenvalue weighted by Gasteiger charge is 2.49. The molecule has 1 aliphatic heterocycles. The van der Waals surface area contributed by atoms with Crippen molar-refractivity contribution in [3.05, 3.63) is 102 Å². The van der Waals surface area contributed by atoms with Gasteiger partial charge in [0.25, 0.3) is 5.91 Å². The molecular weight excluding hydrogens is 382 g/mol. The number of hydrogen-bond donors (Lipinski definition) is 1. The molecule has 1 heterocycles. The molecule has 152 valence electrons. The van der Waals surface area contributed by atoms with Crippen LogP contribution < -0.4 is 4.74 Å². The summed E-state index contributed by atoms with van der Waals surface area (Å²) in [4.78, 5) is 27.1. The predicted octanol–water partition coefficient (Wildman–Crippen LogP) is 4.06. The van der Waals surface area contributed by atoms with Gasteiger partial charge in [-0.2, -0.15) is 0 Å². The molecule has 30 heavy (non-hydrogen) atoms. The highest BCUT2D eigenvalue weighted by atomic mass is 16.6. The van der Waals surface area contributed by atoms with Crippen LogP contribution in [0.3, 0.4) is 0 Å². The number of carboxylic acid groups (broad SMARTS) is 1. The largest absolute Gasteiger partial charge is 0.497 e. The maximum Gasteiger partial charge on any atom is 0.335 e. The van der Waals surface area contributed by atoms with E-state index in [0.717, 1.165) is 0 Å². The summed E-state index contributed by atoms with van der Waals surface area (Å²) in [5.41, 5.74) is 1.83. The van der Waals surface area contributed by atoms with Crippen LogP contribution in [0, 0.1) is 0 Å². The molecule has 0 aliphatic carbocycles. The van der Waals surface area contributed by atoms with Crippen molar-refractivity contribution in [2.45, 2.75) is 18.4 Å². The van der Waals surface area contributed by atoms with Crippen molar-refractivity contribution < 1.29 is 24.2 Å². The van der Waals surface area contributed by atoms with E-state index < -0.39 is 24.3 Å². The average Bonchev–Trinajstić information content (AvgIpc) is 3.21. The molecule has 1 amide bonds. The molecule has 1 N–H and O–H groups in total. The number of rotatable bonds is 5. The molecule has 1 aliphatic rings. The highest BCUT2D eigenvalue weighted by molar-refractivity contribution is 5.95. The van der Waals surface area contributed by atoms with Gasteiger partial charge in [0.15, 0.2) is 12.3 Å². The summed E-state index contributed by atoms with van der Waals surface area (Å²) in [6.07, 6.45) is -2.05. The van der Waals surface area contributed by atoms with E-state index in [-0.39, 0.29) is 5.91 Å². The fraction of sp³-hybridized carbons (Fsp3) is 0.167. The first-order chi connectivity index (χ1) is 14.6. The number of carbonyl (C=O) groups excluding carboxylic acids is 1. The van der Waals surface area contributed by atoms with Gasteiger partial charge < -0.3 is 14.6 Å². The Morgan fingerprint density at radius 1 is 0.867 bits per heavy atom. The Morgan fingerprint density at radius 2 is 1.47 bits per heavy atom. The SMILES string of the molecule is COc1ccc(C2O[C@@H](C(=O)O)[C@H](c3ccccc3)N2C(=O)c2ccccc2)cc1. The third-order valence-electron chi connectivity index (χ3n) is 5.16. The van der Waals surface area contributed by atoms with Gasteiger partial charge in [-0.3, -0.25) is 9.69 Å². The molecule has 1 fully saturated rings. The Balaban J connectivity index is 1.83. The summed E-state index contributed by atoms with van der Waals surface area (Å²) >= 11 is 0. The monoisotopic (exact) mass is 403 g/mol. The van der Waals surface area contributed by atoms with E-state index in [9.17, 15) is 14.7 Å². The second-order valence-corrected chi connectivity index (χ2v) is 6.95. The van der Waals surface area contributed by atoms with Crippen LogP contribution in [0.1, 0.15) is 33.8 Å². The lowest BCUT2D eigenvalue weighted by Gasteiger charge is -2.29. The van der Waals surface area contributed by atoms with Gasteiger partial charge in [-0.25, -0.2) is 4.79 Å². The molecule has 0 radical (unpaired) electrons. The summed E-state index contributed by atoms with van der Waals surface area (Å²) in [6, 6.07) is 24.2. The summed E-state index contributed by atoms with van der Waals surface area (Å²) in [5, 5.41) is 9.88. The predicted molar refractivity (Wildman–Crippen MR) is 110 cm³/mol. The fourth-order valence-electron chi connectivity index (χ4n) is 3.72. The molecule has 1 unspecified atom stereocenters. The fourth-order valence-corrected chi connectivity index (χ4v) is 3.72. The summed E-state index contributed by atoms with van der Waals surface area (Å²) < 4.78 is 11.2. The number of amides is 1. The Morgan fingerprint density at radius 3 is 2.03 bits per heavy atom. The van der Waals surface area contributed by atoms with Gasteiger partial charge in [0.1, 0.15) is 5.75 Å². The van der Waals surface area contributed by atoms with Crippen molar-refractivity contribution in [3.8, 4) is 5.75 Å². The lowest BCUT2D eigenvalue weighted by Crippen LogP contribution is -2.36. The minimum absolute atomic E-state index is 0.297. The molecule has 0 aromatic heterocycles. The van der Waals surface area contributed by atoms with Crippen LogP contribution in [0.25, 0.3) is 0 Å². The highest BCUT2D eigenvalue weighted by Crippen LogP contribution is 2.44. The first-order valence-corrected chi connectivity index (χ1v) is 9.55. The molecule has 0 spiro atoms. The van der Waals surface area contributed by atoms with Gasteiger partial charge in [0.05, 0.1) is 13.2 Å². The lowest BCUT2D eigenvalue weighted by molar-refractivity contribution is -0.150. The number of hydrogen-bond acceptors (Lipinski definition) is 4. The number of nitrogens with zero attached hydrogens (tertiary/aromatic N) is 1. The molecule has 3 atom stereocenters. The van der Waals surface area contributed by atoms with Crippen LogP contribution in [-0.2, 0) is 9.53 Å². The van der Waals surface area contributed by atoms with E-state index in [1.54, 1.807) is 55.6 Å². The number of methoxy groups -OCH3 is 1. The van der Waals surface area contributed by atoms with Crippen molar-refractivity contribution in [2.24, 2.45) is 0 Å². The van der Waals surface area contributed by atoms with Crippen molar-refractivity contribution in [1.29, 1.82) is 0 Å². The molecule has 1 saturated heterocycles. The minimum Gasteiger partial charge on any atom is -0.497 e. The quantitative estimate of drug-likeness (QED) is 0.695. The number of aliphatic carboxylic acids is 1. The number of carboxylic acids is 1. The van der Waals surface area contributed by atoms with Crippen molar-refractivity contribution >= 4 is 11.9 Å². The second-order valence-electron chi connectivity index (χ2n) is 6.95. The number of carbonyl (C=O) groups is 2. The summed E-state index contributed by atoms with van der Waals surface area (Å²) in [7, 11) is 1.57. The van der Waals surface area contributed by atoms with Gasteiger partial charge in [0.2, 0.25) is 0 Å². The maximum atomic E-state index is 13.5. The molecule has 6 heteroatoms. The Kier molecular flexibility index (Phi) is 5.50. The van der Waals surface area contributed by atoms with Crippen LogP contribution in [0.15, 0.2) is 84.9 Å². The summed E-state index contributed by atoms with van der Waals surface area (Å²) in [5.74, 6) is -0.758. The van der Waals surface area contributed by atoms with Crippen LogP contribution in [-0.4, -0.2) is 35.1 Å². The third kappa shape index (κ3) is 3.65. The Bertz CT molecular complexity index is 1020. The zero-order chi connectivity index (χ0) is 21.1. The van der Waals surface area contributed by atoms with E-state index in [1.165, 1.54) is 4.90 Å². The van der Waals surface area contributed by atoms with Gasteiger partial charge in [-0.1, -0.05) is 60.7 Å². The van der Waals surface area contributed by atoms with E-state index >= 15 is 0 Å². The first kappa shape index (κ1) is 19.7. The number of ether oxygens (including phenoxy) is 2. The molecular formula is C24H21NO5. The van der Waals surface area contributed by atoms with E-state index in [4.69, 9.17) is 9.47 Å². The zero-order valence-corrected chi connectivity index (χ0v) is 16.3. The molecule has 0 bridgehead atoms. The standard InChI is InChI=1S/C24H21NO5/c1-29-19-14-12-18(13-15-19)23-25(22(26)17-10-6-3-7-11-17)20(21(30-23)24(27)28)16-8-4-2-5-9-16/h2-15,20-21,23H,1H3,(H,27,28)/t20-,21+,23?/m0/s1. The lowest BCUT2D eigenvalue weighted by atomic mass is 9.99. The van der Waals surface area contributed by atoms with Crippen molar-refractivity contribution in [3.63, 3.8) is 0 Å². The second kappa shape index (κ2) is 8.39. The van der Waals surface area contributed by atoms with Crippen molar-refractivity contribution in [1.82, 2.24) is 4.90 Å². The van der Waals surface area contributed by atoms with Crippen molar-refractivity contribution in [2.75, 3.05) is 7.11 Å². The summed E-state index contributed by atoms with van der Waals surface area (Å²) in [6.45, 7) is 0. The molecule has 3 aromatic carbocycles. The zero-order valence-electron chi connectivity index (χ0n) is 16.3. The van der Waals surface area contributed by atoms with Crippen LogP contribution >= 0.6 is 0 Å². The van der Waals surface area contributed by atoms with E-state index in [2.05, 4.69) is 0 Å². The van der Waals surface area contributed by atoms with Crippen LogP contribution in [0.2, 0.25) is 0 Å². The normalized spacial score (nSPS) is 20.7. The van der Waals surface area contributed by atoms with Gasteiger partial charge in [-0.15, -0.1) is 0 Å². The van der Waals surface area contributed by atoms with Gasteiger partial charge in [0, 0.05) is 11.1 Å². The smallest absolute Gasteiger partial charge is 0.335 e. The molecule has 3 aromatic rings. The molecule has 4 rings (SSSR count). The number of benzene rings is 3. The maximum absolute atomic E-state index is 13.5. The molecule has 6 nitrogen and oxygen atoms in total. The average molecular weight is 403 g/mol. The third-order valence-corrected chi connectivity index (χ3v) is 5.16. The topological polar surface area (TPSA) is 76.1 Å². The Hall–Kier alpha value is -3.64. The van der Waals surface area contributed by atoms with Gasteiger partial charge >= 0.3 is 5.97 Å². The van der Waals surface area contributed by atoms with E-state index in [1.807, 2.05) is 36.4 Å². The first-order valence-electron chi connectivity index (χ1n) is 9.55. The van der Waals surface area contributed by atoms with E-state index in [0.29, 0.717) is 22.4 Å². The van der Waals surface area contributed by atoms with Crippen LogP contribution in [0.5, 0.6) is 5.75 Å². The van der Waals surface area contributed by atoms with Gasteiger partial charge in [-0.05, 0) is 29.8 Å².